The summed E-state index contributed by atoms with van der Waals surface area (Å²) in [5.74, 6) is 3.79. The molecule has 0 bridgehead atoms. The highest BCUT2D eigenvalue weighted by Gasteiger charge is 2.31. The lowest BCUT2D eigenvalue weighted by Crippen LogP contribution is -2.09. The van der Waals surface area contributed by atoms with Gasteiger partial charge in [-0.25, -0.2) is 4.85 Å². The number of rotatable bonds is 4. The quantitative estimate of drug-likeness (QED) is 0.493. The largest absolute Gasteiger partial charge is 0.465 e. The zero-order valence-corrected chi connectivity index (χ0v) is 14.9. The highest BCUT2D eigenvalue weighted by atomic mass is 32.2. The molecular formula is C20H10N2O5S. The van der Waals surface area contributed by atoms with Crippen LogP contribution in [-0.2, 0) is 19.6 Å². The fourth-order valence-electron chi connectivity index (χ4n) is 2.38. The maximum atomic E-state index is 12.0. The summed E-state index contributed by atoms with van der Waals surface area (Å²) in [5.41, 5.74) is 0.845. The fraction of sp³-hybridized carbons (Fsp3) is 0. The third-order valence-electron chi connectivity index (χ3n) is 3.49. The summed E-state index contributed by atoms with van der Waals surface area (Å²) >= 11 is 0. The molecule has 0 radical (unpaired) electrons. The summed E-state index contributed by atoms with van der Waals surface area (Å²) < 4.78 is 36.2. The molecule has 0 saturated heterocycles. The molecule has 3 rings (SSSR count). The Kier molecular flexibility index (Phi) is 5.04. The number of hydrogen-bond donors (Lipinski definition) is 1. The van der Waals surface area contributed by atoms with Gasteiger partial charge in [0.1, 0.15) is 11.5 Å². The number of terminal acetylenes is 1. The maximum absolute atomic E-state index is 12.0. The Bertz CT molecular complexity index is 1240. The van der Waals surface area contributed by atoms with Crippen molar-refractivity contribution >= 4 is 33.3 Å². The Morgan fingerprint density at radius 2 is 1.96 bits per heavy atom. The topological polar surface area (TPSA) is 90.0 Å². The van der Waals surface area contributed by atoms with Gasteiger partial charge in [0.05, 0.1) is 18.1 Å². The number of furan rings is 1. The van der Waals surface area contributed by atoms with E-state index in [1.165, 1.54) is 24.5 Å². The van der Waals surface area contributed by atoms with Crippen molar-refractivity contribution in [1.82, 2.24) is 0 Å². The number of hydrogen-bond acceptors (Lipinski definition) is 5. The van der Waals surface area contributed by atoms with Crippen LogP contribution < -0.4 is 4.72 Å². The van der Waals surface area contributed by atoms with Crippen LogP contribution in [0.15, 0.2) is 58.5 Å². The number of nitrogens with one attached hydrogen (secondary N) is 1. The zero-order valence-electron chi connectivity index (χ0n) is 14.1. The number of anilines is 1. The summed E-state index contributed by atoms with van der Waals surface area (Å²) in [7, 11) is -3.91. The van der Waals surface area contributed by atoms with Crippen LogP contribution in [0, 0.1) is 30.1 Å². The molecule has 1 aromatic heterocycles. The minimum Gasteiger partial charge on any atom is -0.465 e. The Balaban J connectivity index is 1.97. The summed E-state index contributed by atoms with van der Waals surface area (Å²) in [5, 5.41) is 1.92. The smallest absolute Gasteiger partial charge is 0.342 e. The molecule has 1 N–H and O–H groups in total. The lowest BCUT2D eigenvalue weighted by atomic mass is 10.0. The second kappa shape index (κ2) is 7.59. The van der Waals surface area contributed by atoms with Crippen LogP contribution in [0.4, 0.5) is 5.69 Å². The van der Waals surface area contributed by atoms with Gasteiger partial charge in [-0.1, -0.05) is 12.1 Å². The lowest BCUT2D eigenvalue weighted by molar-refractivity contribution is -0.132. The van der Waals surface area contributed by atoms with Gasteiger partial charge in [0.15, 0.2) is 0 Å². The Morgan fingerprint density at radius 1 is 1.21 bits per heavy atom. The Morgan fingerprint density at radius 3 is 2.57 bits per heavy atom. The summed E-state index contributed by atoms with van der Waals surface area (Å²) in [6, 6.07) is 9.37. The van der Waals surface area contributed by atoms with E-state index in [9.17, 15) is 13.2 Å². The van der Waals surface area contributed by atoms with Crippen molar-refractivity contribution in [3.63, 3.8) is 0 Å². The van der Waals surface area contributed by atoms with Crippen LogP contribution in [0.2, 0.25) is 0 Å². The van der Waals surface area contributed by atoms with E-state index in [4.69, 9.17) is 22.1 Å². The highest BCUT2D eigenvalue weighted by Crippen LogP contribution is 2.37. The van der Waals surface area contributed by atoms with Crippen molar-refractivity contribution in [3.8, 4) is 23.5 Å². The van der Waals surface area contributed by atoms with E-state index in [-0.39, 0.29) is 22.7 Å². The lowest BCUT2D eigenvalue weighted by Gasteiger charge is -2.07. The number of sulfonamides is 1. The van der Waals surface area contributed by atoms with E-state index in [0.29, 0.717) is 11.3 Å². The standard InChI is InChI=1S/C20H10N2O5S/c1-3-4-12-28(24,25)22-15-9-7-14(8-10-15)18-17(13-16-6-5-11-26-16)27-20(23)19(18)21-2/h1,5-11,13,22H. The van der Waals surface area contributed by atoms with Crippen molar-refractivity contribution < 1.29 is 22.4 Å². The fourth-order valence-corrected chi connectivity index (χ4v) is 3.08. The SMILES string of the molecule is [C-]#[N+]C1=C(c2ccc(NS(=O)(=O)C#CC#C)cc2)C(=Cc2ccco2)OC1=O. The molecule has 1 aromatic carbocycles. The molecular weight excluding hydrogens is 380 g/mol. The molecule has 0 aliphatic carbocycles. The minimum absolute atomic E-state index is 0.166. The second-order valence-electron chi connectivity index (χ2n) is 5.30. The van der Waals surface area contributed by atoms with E-state index in [0.717, 1.165) is 0 Å². The monoisotopic (exact) mass is 390 g/mol. The van der Waals surface area contributed by atoms with Crippen molar-refractivity contribution in [2.45, 2.75) is 0 Å². The first-order valence-corrected chi connectivity index (χ1v) is 9.12. The first-order valence-electron chi connectivity index (χ1n) is 7.63. The van der Waals surface area contributed by atoms with E-state index >= 15 is 0 Å². The Labute approximate surface area is 161 Å². The average molecular weight is 390 g/mol. The number of allylic oxidation sites excluding steroid dienone is 1. The first kappa shape index (κ1) is 18.6. The molecule has 0 saturated carbocycles. The van der Waals surface area contributed by atoms with Crippen molar-refractivity contribution in [3.05, 3.63) is 76.9 Å². The molecule has 2 heterocycles. The van der Waals surface area contributed by atoms with Crippen LogP contribution in [0.5, 0.6) is 0 Å². The number of carbonyl (C=O) groups excluding carboxylic acids is 1. The number of nitrogens with zero attached hydrogens (tertiary/aromatic N) is 1. The summed E-state index contributed by atoms with van der Waals surface area (Å²) in [4.78, 5) is 15.3. The molecule has 0 unspecified atom stereocenters. The van der Waals surface area contributed by atoms with E-state index in [1.54, 1.807) is 24.3 Å². The van der Waals surface area contributed by atoms with E-state index in [2.05, 4.69) is 9.57 Å². The number of carbonyl (C=O) groups is 1. The summed E-state index contributed by atoms with van der Waals surface area (Å²) in [6.45, 7) is 7.27. The number of esters is 1. The van der Waals surface area contributed by atoms with Gasteiger partial charge in [-0.3, -0.25) is 9.52 Å². The average Bonchev–Trinajstić information content (AvgIpc) is 3.28. The normalized spacial score (nSPS) is 14.6. The van der Waals surface area contributed by atoms with Gasteiger partial charge >= 0.3 is 16.0 Å². The van der Waals surface area contributed by atoms with Crippen LogP contribution in [0.3, 0.4) is 0 Å². The highest BCUT2D eigenvalue weighted by molar-refractivity contribution is 7.97. The Hall–Kier alpha value is -4.19. The molecule has 28 heavy (non-hydrogen) atoms. The zero-order chi connectivity index (χ0) is 20.1. The molecule has 0 fully saturated rings. The molecule has 136 valence electrons. The molecule has 1 aliphatic heterocycles. The van der Waals surface area contributed by atoms with Gasteiger partial charge < -0.3 is 9.15 Å². The van der Waals surface area contributed by atoms with E-state index < -0.39 is 16.0 Å². The second-order valence-corrected chi connectivity index (χ2v) is 6.72. The van der Waals surface area contributed by atoms with Gasteiger partial charge in [-0.2, -0.15) is 8.42 Å². The van der Waals surface area contributed by atoms with Gasteiger partial charge in [-0.15, -0.1) is 6.42 Å². The number of benzene rings is 1. The number of ether oxygens (including phenoxy) is 1. The van der Waals surface area contributed by atoms with Crippen LogP contribution in [0.1, 0.15) is 11.3 Å². The van der Waals surface area contributed by atoms with E-state index in [1.807, 2.05) is 17.1 Å². The van der Waals surface area contributed by atoms with Gasteiger partial charge in [0, 0.05) is 23.3 Å². The maximum Gasteiger partial charge on any atom is 0.342 e. The molecule has 7 nitrogen and oxygen atoms in total. The molecule has 8 heteroatoms. The molecule has 1 aliphatic rings. The molecule has 0 amide bonds. The minimum atomic E-state index is -3.91. The van der Waals surface area contributed by atoms with Gasteiger partial charge in [0.25, 0.3) is 5.70 Å². The van der Waals surface area contributed by atoms with Gasteiger partial charge in [-0.05, 0) is 35.7 Å². The van der Waals surface area contributed by atoms with Crippen LogP contribution in [-0.4, -0.2) is 14.4 Å². The predicted molar refractivity (Wildman–Crippen MR) is 102 cm³/mol. The third-order valence-corrected chi connectivity index (χ3v) is 4.37. The van der Waals surface area contributed by atoms with Gasteiger partial charge in [0.2, 0.25) is 0 Å². The van der Waals surface area contributed by atoms with Crippen molar-refractivity contribution in [1.29, 1.82) is 0 Å². The van der Waals surface area contributed by atoms with Crippen molar-refractivity contribution in [2.75, 3.05) is 4.72 Å². The molecule has 0 atom stereocenters. The van der Waals surface area contributed by atoms with Crippen LogP contribution in [0.25, 0.3) is 16.5 Å². The first-order chi connectivity index (χ1) is 13.4. The predicted octanol–water partition coefficient (Wildman–Crippen LogP) is 2.84. The van der Waals surface area contributed by atoms with Crippen LogP contribution >= 0.6 is 0 Å². The molecule has 0 spiro atoms. The number of cyclic esters (lactones) is 1. The molecule has 2 aromatic rings. The third kappa shape index (κ3) is 3.96. The van der Waals surface area contributed by atoms with Crippen molar-refractivity contribution in [2.24, 2.45) is 0 Å². The summed E-state index contributed by atoms with van der Waals surface area (Å²) in [6.07, 6.45) is 7.88.